The number of hydrogen-bond acceptors (Lipinski definition) is 9. The van der Waals surface area contributed by atoms with Gasteiger partial charge in [0.05, 0.1) is 19.3 Å². The molecular weight excluding hydrogens is 434 g/mol. The second kappa shape index (κ2) is 9.71. The van der Waals surface area contributed by atoms with Crippen LogP contribution in [0.15, 0.2) is 57.3 Å². The molecule has 0 fully saturated rings. The monoisotopic (exact) mass is 453 g/mol. The molecular formula is C21H19N5O3S2. The summed E-state index contributed by atoms with van der Waals surface area (Å²) < 4.78 is 11.6. The van der Waals surface area contributed by atoms with Crippen LogP contribution in [0.1, 0.15) is 17.0 Å². The zero-order chi connectivity index (χ0) is 21.6. The van der Waals surface area contributed by atoms with E-state index >= 15 is 0 Å². The molecule has 8 nitrogen and oxygen atoms in total. The number of nitrogens with zero attached hydrogens (tertiary/aromatic N) is 4. The minimum atomic E-state index is -0.166. The first-order chi connectivity index (χ1) is 15.1. The summed E-state index contributed by atoms with van der Waals surface area (Å²) in [6.45, 7) is 2.00. The SMILES string of the molecule is COc1cccc(CC(=O)Nc2nnc(SCc3nnc(-c4ccccc4C)o3)s2)c1. The lowest BCUT2D eigenvalue weighted by molar-refractivity contribution is -0.115. The largest absolute Gasteiger partial charge is 0.497 e. The second-order valence-corrected chi connectivity index (χ2v) is 8.75. The molecule has 4 aromatic rings. The normalized spacial score (nSPS) is 10.8. The van der Waals surface area contributed by atoms with E-state index in [-0.39, 0.29) is 12.3 Å². The Labute approximate surface area is 187 Å². The van der Waals surface area contributed by atoms with Crippen LogP contribution in [0.2, 0.25) is 0 Å². The van der Waals surface area contributed by atoms with Crippen molar-refractivity contribution in [3.05, 3.63) is 65.5 Å². The van der Waals surface area contributed by atoms with Crippen molar-refractivity contribution in [2.75, 3.05) is 12.4 Å². The highest BCUT2D eigenvalue weighted by molar-refractivity contribution is 8.00. The fourth-order valence-corrected chi connectivity index (χ4v) is 4.41. The molecule has 0 atom stereocenters. The summed E-state index contributed by atoms with van der Waals surface area (Å²) in [5, 5.41) is 19.6. The van der Waals surface area contributed by atoms with Gasteiger partial charge in [-0.2, -0.15) is 0 Å². The van der Waals surface area contributed by atoms with Gasteiger partial charge in [0, 0.05) is 5.56 Å². The predicted molar refractivity (Wildman–Crippen MR) is 119 cm³/mol. The van der Waals surface area contributed by atoms with Crippen LogP contribution in [0.4, 0.5) is 5.13 Å². The molecule has 10 heteroatoms. The zero-order valence-corrected chi connectivity index (χ0v) is 18.5. The summed E-state index contributed by atoms with van der Waals surface area (Å²) in [4.78, 5) is 12.3. The van der Waals surface area contributed by atoms with E-state index in [1.54, 1.807) is 7.11 Å². The van der Waals surface area contributed by atoms with Crippen LogP contribution >= 0.6 is 23.1 Å². The molecule has 0 aliphatic carbocycles. The van der Waals surface area contributed by atoms with Gasteiger partial charge in [0.25, 0.3) is 0 Å². The highest BCUT2D eigenvalue weighted by Crippen LogP contribution is 2.29. The van der Waals surface area contributed by atoms with E-state index in [0.717, 1.165) is 16.7 Å². The topological polar surface area (TPSA) is 103 Å². The zero-order valence-electron chi connectivity index (χ0n) is 16.9. The molecule has 1 amide bonds. The van der Waals surface area contributed by atoms with Crippen molar-refractivity contribution in [3.63, 3.8) is 0 Å². The summed E-state index contributed by atoms with van der Waals surface area (Å²) in [5.41, 5.74) is 2.85. The number of aryl methyl sites for hydroxylation is 1. The number of carbonyl (C=O) groups excluding carboxylic acids is 1. The molecule has 2 aromatic heterocycles. The average molecular weight is 454 g/mol. The molecule has 2 heterocycles. The number of benzene rings is 2. The first-order valence-corrected chi connectivity index (χ1v) is 11.2. The number of ether oxygens (including phenoxy) is 1. The molecule has 2 aromatic carbocycles. The quantitative estimate of drug-likeness (QED) is 0.310. The van der Waals surface area contributed by atoms with E-state index in [0.29, 0.717) is 32.8 Å². The first-order valence-electron chi connectivity index (χ1n) is 9.38. The van der Waals surface area contributed by atoms with Crippen molar-refractivity contribution in [2.45, 2.75) is 23.4 Å². The third-order valence-corrected chi connectivity index (χ3v) is 6.27. The molecule has 0 bridgehead atoms. The standard InChI is InChI=1S/C21H19N5O3S2/c1-13-6-3-4-9-16(13)19-24-23-18(29-19)12-30-21-26-25-20(31-21)22-17(27)11-14-7-5-8-15(10-14)28-2/h3-10H,11-12H2,1-2H3,(H,22,25,27). The van der Waals surface area contributed by atoms with E-state index in [2.05, 4.69) is 25.7 Å². The van der Waals surface area contributed by atoms with Crippen molar-refractivity contribution in [1.82, 2.24) is 20.4 Å². The number of nitrogens with one attached hydrogen (secondary N) is 1. The molecule has 31 heavy (non-hydrogen) atoms. The maximum atomic E-state index is 12.3. The number of amides is 1. The Morgan fingerprint density at radius 1 is 1.13 bits per heavy atom. The molecule has 0 aliphatic heterocycles. The predicted octanol–water partition coefficient (Wildman–Crippen LogP) is 4.38. The summed E-state index contributed by atoms with van der Waals surface area (Å²) in [7, 11) is 1.59. The number of carbonyl (C=O) groups is 1. The van der Waals surface area contributed by atoms with E-state index in [1.807, 2.05) is 55.5 Å². The van der Waals surface area contributed by atoms with Gasteiger partial charge in [-0.05, 0) is 36.2 Å². The number of methoxy groups -OCH3 is 1. The Hall–Kier alpha value is -3.24. The molecule has 0 aliphatic rings. The van der Waals surface area contributed by atoms with E-state index < -0.39 is 0 Å². The Kier molecular flexibility index (Phi) is 6.58. The molecule has 1 N–H and O–H groups in total. The summed E-state index contributed by atoms with van der Waals surface area (Å²) in [5.74, 6) is 2.01. The number of hydrogen-bond donors (Lipinski definition) is 1. The molecule has 0 spiro atoms. The van der Waals surface area contributed by atoms with Crippen molar-refractivity contribution >= 4 is 34.1 Å². The van der Waals surface area contributed by atoms with Crippen LogP contribution in [0, 0.1) is 6.92 Å². The van der Waals surface area contributed by atoms with Crippen molar-refractivity contribution in [1.29, 1.82) is 0 Å². The fraction of sp³-hybridized carbons (Fsp3) is 0.190. The Bertz CT molecular complexity index is 1190. The van der Waals surface area contributed by atoms with Crippen molar-refractivity contribution in [2.24, 2.45) is 0 Å². The maximum absolute atomic E-state index is 12.3. The van der Waals surface area contributed by atoms with Gasteiger partial charge in [0.15, 0.2) is 4.34 Å². The van der Waals surface area contributed by atoms with Crippen LogP contribution in [0.5, 0.6) is 5.75 Å². The summed E-state index contributed by atoms with van der Waals surface area (Å²) in [6.07, 6.45) is 0.225. The Morgan fingerprint density at radius 2 is 2.00 bits per heavy atom. The average Bonchev–Trinajstić information content (AvgIpc) is 3.42. The van der Waals surface area contributed by atoms with Gasteiger partial charge in [-0.1, -0.05) is 53.4 Å². The molecule has 158 valence electrons. The van der Waals surface area contributed by atoms with Crippen LogP contribution in [-0.4, -0.2) is 33.4 Å². The first kappa shape index (κ1) is 21.0. The van der Waals surface area contributed by atoms with E-state index in [1.165, 1.54) is 23.1 Å². The molecule has 0 unspecified atom stereocenters. The maximum Gasteiger partial charge on any atom is 0.248 e. The number of anilines is 1. The number of thioether (sulfide) groups is 1. The van der Waals surface area contributed by atoms with Gasteiger partial charge < -0.3 is 14.5 Å². The van der Waals surface area contributed by atoms with Crippen LogP contribution < -0.4 is 10.1 Å². The Balaban J connectivity index is 1.31. The van der Waals surface area contributed by atoms with Crippen molar-refractivity contribution < 1.29 is 13.9 Å². The summed E-state index contributed by atoms with van der Waals surface area (Å²) in [6, 6.07) is 15.2. The lowest BCUT2D eigenvalue weighted by Gasteiger charge is -2.04. The number of rotatable bonds is 8. The van der Waals surface area contributed by atoms with Gasteiger partial charge in [0.1, 0.15) is 5.75 Å². The third-order valence-electron chi connectivity index (χ3n) is 4.31. The molecule has 0 radical (unpaired) electrons. The highest BCUT2D eigenvalue weighted by atomic mass is 32.2. The third kappa shape index (κ3) is 5.47. The molecule has 4 rings (SSSR count). The lowest BCUT2D eigenvalue weighted by atomic mass is 10.1. The molecule has 0 saturated carbocycles. The van der Waals surface area contributed by atoms with E-state index in [9.17, 15) is 4.79 Å². The van der Waals surface area contributed by atoms with Crippen LogP contribution in [0.25, 0.3) is 11.5 Å². The second-order valence-electron chi connectivity index (χ2n) is 6.55. The van der Waals surface area contributed by atoms with Gasteiger partial charge in [-0.15, -0.1) is 20.4 Å². The number of aromatic nitrogens is 4. The molecule has 0 saturated heterocycles. The highest BCUT2D eigenvalue weighted by Gasteiger charge is 2.13. The van der Waals surface area contributed by atoms with Gasteiger partial charge in [-0.25, -0.2) is 0 Å². The van der Waals surface area contributed by atoms with Crippen LogP contribution in [-0.2, 0) is 17.0 Å². The minimum Gasteiger partial charge on any atom is -0.497 e. The van der Waals surface area contributed by atoms with E-state index in [4.69, 9.17) is 9.15 Å². The Morgan fingerprint density at radius 3 is 2.84 bits per heavy atom. The van der Waals surface area contributed by atoms with Gasteiger partial charge in [0.2, 0.25) is 22.8 Å². The smallest absolute Gasteiger partial charge is 0.248 e. The minimum absolute atomic E-state index is 0.166. The van der Waals surface area contributed by atoms with Crippen LogP contribution in [0.3, 0.4) is 0 Å². The lowest BCUT2D eigenvalue weighted by Crippen LogP contribution is -2.14. The van der Waals surface area contributed by atoms with Crippen molar-refractivity contribution in [3.8, 4) is 17.2 Å². The summed E-state index contributed by atoms with van der Waals surface area (Å²) >= 11 is 2.72. The fourth-order valence-electron chi connectivity index (χ4n) is 2.81. The van der Waals surface area contributed by atoms with Gasteiger partial charge >= 0.3 is 0 Å². The van der Waals surface area contributed by atoms with Gasteiger partial charge in [-0.3, -0.25) is 4.79 Å².